The minimum Gasteiger partial charge on any atom is -0.406 e. The maximum absolute atomic E-state index is 13.3. The predicted octanol–water partition coefficient (Wildman–Crippen LogP) is 6.10. The van der Waals surface area contributed by atoms with Gasteiger partial charge in [0.1, 0.15) is 11.4 Å². The van der Waals surface area contributed by atoms with Crippen LogP contribution in [-0.4, -0.2) is 35.5 Å². The highest BCUT2D eigenvalue weighted by Crippen LogP contribution is 2.32. The fraction of sp³-hybridized carbons (Fsp3) is 0.269. The first-order valence-electron chi connectivity index (χ1n) is 11.6. The molecular formula is C26H24F3N3O3S. The Kier molecular flexibility index (Phi) is 6.38. The Bertz CT molecular complexity index is 1440. The van der Waals surface area contributed by atoms with Gasteiger partial charge >= 0.3 is 6.36 Å². The zero-order chi connectivity index (χ0) is 25.3. The molecule has 0 unspecified atom stereocenters. The molecule has 0 atom stereocenters. The zero-order valence-corrected chi connectivity index (χ0v) is 20.0. The van der Waals surface area contributed by atoms with Crippen molar-refractivity contribution >= 4 is 21.2 Å². The summed E-state index contributed by atoms with van der Waals surface area (Å²) < 4.78 is 69.3. The van der Waals surface area contributed by atoms with Crippen molar-refractivity contribution in [3.63, 3.8) is 0 Å². The first kappa shape index (κ1) is 24.2. The highest BCUT2D eigenvalue weighted by molar-refractivity contribution is 7.92. The molecule has 2 aromatic heterocycles. The molecule has 0 saturated heterocycles. The highest BCUT2D eigenvalue weighted by Gasteiger charge is 2.33. The van der Waals surface area contributed by atoms with E-state index < -0.39 is 21.4 Å². The van der Waals surface area contributed by atoms with Crippen molar-refractivity contribution in [1.82, 2.24) is 9.38 Å². The van der Waals surface area contributed by atoms with Crippen LogP contribution in [0.1, 0.15) is 25.7 Å². The molecule has 1 fully saturated rings. The summed E-state index contributed by atoms with van der Waals surface area (Å²) in [6, 6.07) is 16.4. The van der Waals surface area contributed by atoms with Crippen LogP contribution in [0.2, 0.25) is 0 Å². The Morgan fingerprint density at radius 2 is 1.56 bits per heavy atom. The molecule has 1 aliphatic carbocycles. The number of imidazole rings is 1. The number of sulfone groups is 1. The van der Waals surface area contributed by atoms with Crippen molar-refractivity contribution in [2.24, 2.45) is 0 Å². The molecule has 188 valence electrons. The van der Waals surface area contributed by atoms with Crippen LogP contribution in [-0.2, 0) is 9.84 Å². The number of benzene rings is 2. The molecule has 0 aliphatic heterocycles. The number of halogens is 3. The molecule has 1 aliphatic rings. The maximum atomic E-state index is 13.3. The van der Waals surface area contributed by atoms with Crippen LogP contribution in [0.4, 0.5) is 18.9 Å². The number of anilines is 1. The number of ether oxygens (including phenoxy) is 1. The highest BCUT2D eigenvalue weighted by atomic mass is 32.2. The number of alkyl halides is 3. The van der Waals surface area contributed by atoms with Gasteiger partial charge < -0.3 is 14.5 Å². The van der Waals surface area contributed by atoms with Crippen molar-refractivity contribution < 1.29 is 26.3 Å². The second kappa shape index (κ2) is 9.50. The smallest absolute Gasteiger partial charge is 0.406 e. The van der Waals surface area contributed by atoms with Gasteiger partial charge in [-0.05, 0) is 85.3 Å². The van der Waals surface area contributed by atoms with Gasteiger partial charge in [-0.15, -0.1) is 13.2 Å². The van der Waals surface area contributed by atoms with Gasteiger partial charge in [-0.1, -0.05) is 12.1 Å². The Morgan fingerprint density at radius 3 is 2.22 bits per heavy atom. The molecule has 0 spiro atoms. The quantitative estimate of drug-likeness (QED) is 0.336. The van der Waals surface area contributed by atoms with Gasteiger partial charge in [0.2, 0.25) is 0 Å². The fourth-order valence-corrected chi connectivity index (χ4v) is 6.42. The summed E-state index contributed by atoms with van der Waals surface area (Å²) in [6.45, 7) is 0. The van der Waals surface area contributed by atoms with Gasteiger partial charge in [-0.3, -0.25) is 0 Å². The molecule has 0 amide bonds. The zero-order valence-electron chi connectivity index (χ0n) is 19.1. The Morgan fingerprint density at radius 1 is 0.889 bits per heavy atom. The lowest BCUT2D eigenvalue weighted by molar-refractivity contribution is -0.274. The van der Waals surface area contributed by atoms with Gasteiger partial charge in [0.15, 0.2) is 9.84 Å². The molecule has 0 bridgehead atoms. The van der Waals surface area contributed by atoms with Crippen molar-refractivity contribution in [2.45, 2.75) is 48.2 Å². The number of nitrogens with zero attached hydrogens (tertiary/aromatic N) is 2. The number of hydrogen-bond acceptors (Lipinski definition) is 5. The van der Waals surface area contributed by atoms with E-state index in [4.69, 9.17) is 0 Å². The average Bonchev–Trinajstić information content (AvgIpc) is 3.33. The summed E-state index contributed by atoms with van der Waals surface area (Å²) in [7, 11) is -3.47. The second-order valence-corrected chi connectivity index (χ2v) is 11.1. The van der Waals surface area contributed by atoms with Crippen LogP contribution in [0.15, 0.2) is 84.1 Å². The topological polar surface area (TPSA) is 72.7 Å². The molecule has 1 saturated carbocycles. The van der Waals surface area contributed by atoms with Crippen molar-refractivity contribution in [1.29, 1.82) is 0 Å². The first-order chi connectivity index (χ1) is 17.2. The molecule has 6 nitrogen and oxygen atoms in total. The van der Waals surface area contributed by atoms with Crippen molar-refractivity contribution in [3.8, 4) is 16.9 Å². The lowest BCUT2D eigenvalue weighted by Crippen LogP contribution is -2.32. The van der Waals surface area contributed by atoms with Gasteiger partial charge in [0.05, 0.1) is 10.1 Å². The van der Waals surface area contributed by atoms with Gasteiger partial charge in [-0.2, -0.15) is 0 Å². The van der Waals surface area contributed by atoms with Gasteiger partial charge in [0.25, 0.3) is 0 Å². The third-order valence-electron chi connectivity index (χ3n) is 6.48. The standard InChI is InChI=1S/C26H24F3N3O3S/c27-26(28,29)35-22-8-4-20(5-9-22)31-21-6-12-24(13-7-21)36(33,34)23-10-1-18(2-11-23)19-3-14-25-30-15-16-32(25)17-19/h1-5,8-11,14-17,21,24,31H,6-7,12-13H2. The van der Waals surface area contributed by atoms with E-state index in [1.807, 2.05) is 41.1 Å². The molecule has 2 aromatic carbocycles. The van der Waals surface area contributed by atoms with E-state index in [0.29, 0.717) is 36.3 Å². The monoisotopic (exact) mass is 515 g/mol. The molecule has 4 aromatic rings. The summed E-state index contributed by atoms with van der Waals surface area (Å²) >= 11 is 0. The largest absolute Gasteiger partial charge is 0.573 e. The summed E-state index contributed by atoms with van der Waals surface area (Å²) in [5, 5.41) is 2.81. The average molecular weight is 516 g/mol. The Balaban J connectivity index is 1.19. The van der Waals surface area contributed by atoms with E-state index in [1.165, 1.54) is 24.3 Å². The third kappa shape index (κ3) is 5.33. The van der Waals surface area contributed by atoms with Crippen LogP contribution in [0, 0.1) is 0 Å². The van der Waals surface area contributed by atoms with Crippen LogP contribution < -0.4 is 10.1 Å². The van der Waals surface area contributed by atoms with E-state index in [2.05, 4.69) is 15.0 Å². The third-order valence-corrected chi connectivity index (χ3v) is 8.75. The van der Waals surface area contributed by atoms with Crippen LogP contribution in [0.3, 0.4) is 0 Å². The van der Waals surface area contributed by atoms with E-state index in [-0.39, 0.29) is 11.8 Å². The number of nitrogens with one attached hydrogen (secondary N) is 1. The van der Waals surface area contributed by atoms with Crippen LogP contribution in [0.25, 0.3) is 16.8 Å². The fourth-order valence-electron chi connectivity index (χ4n) is 4.63. The van der Waals surface area contributed by atoms with E-state index in [9.17, 15) is 21.6 Å². The van der Waals surface area contributed by atoms with Crippen molar-refractivity contribution in [3.05, 3.63) is 79.3 Å². The van der Waals surface area contributed by atoms with E-state index in [1.54, 1.807) is 18.3 Å². The lowest BCUT2D eigenvalue weighted by Gasteiger charge is -2.29. The Labute approximate surface area is 206 Å². The second-order valence-electron chi connectivity index (χ2n) is 8.87. The molecule has 5 rings (SSSR count). The molecular weight excluding hydrogens is 491 g/mol. The normalized spacial score (nSPS) is 18.8. The maximum Gasteiger partial charge on any atom is 0.573 e. The van der Waals surface area contributed by atoms with Crippen LogP contribution in [0.5, 0.6) is 5.75 Å². The van der Waals surface area contributed by atoms with Gasteiger partial charge in [0, 0.05) is 30.3 Å². The summed E-state index contributed by atoms with van der Waals surface area (Å²) in [5.74, 6) is -0.281. The molecule has 0 radical (unpaired) electrons. The lowest BCUT2D eigenvalue weighted by atomic mass is 9.95. The molecule has 1 N–H and O–H groups in total. The molecule has 2 heterocycles. The predicted molar refractivity (Wildman–Crippen MR) is 131 cm³/mol. The first-order valence-corrected chi connectivity index (χ1v) is 13.1. The Hall–Kier alpha value is -3.53. The van der Waals surface area contributed by atoms with E-state index >= 15 is 0 Å². The minimum absolute atomic E-state index is 0.0475. The van der Waals surface area contributed by atoms with Gasteiger partial charge in [-0.25, -0.2) is 13.4 Å². The number of fused-ring (bicyclic) bond motifs is 1. The summed E-state index contributed by atoms with van der Waals surface area (Å²) in [5.41, 5.74) is 3.40. The van der Waals surface area contributed by atoms with E-state index in [0.717, 1.165) is 16.8 Å². The summed E-state index contributed by atoms with van der Waals surface area (Å²) in [6.07, 6.45) is 3.12. The molecule has 10 heteroatoms. The van der Waals surface area contributed by atoms with Crippen molar-refractivity contribution in [2.75, 3.05) is 5.32 Å². The number of hydrogen-bond donors (Lipinski definition) is 1. The SMILES string of the molecule is O=S(=O)(c1ccc(-c2ccc3nccn3c2)cc1)C1CCC(Nc2ccc(OC(F)(F)F)cc2)CC1. The summed E-state index contributed by atoms with van der Waals surface area (Å²) in [4.78, 5) is 4.54. The number of rotatable bonds is 6. The minimum atomic E-state index is -4.73. The number of pyridine rings is 1. The number of aromatic nitrogens is 2. The molecule has 36 heavy (non-hydrogen) atoms. The van der Waals surface area contributed by atoms with Crippen LogP contribution >= 0.6 is 0 Å².